The summed E-state index contributed by atoms with van der Waals surface area (Å²) in [6.07, 6.45) is 1.89. The molecule has 25 heavy (non-hydrogen) atoms. The zero-order valence-corrected chi connectivity index (χ0v) is 15.9. The number of hydrogen-bond acceptors (Lipinski definition) is 4. The average molecular weight is 362 g/mol. The molecule has 0 N–H and O–H groups in total. The number of rotatable bonds is 11. The smallest absolute Gasteiger partial charge is 0.287 e. The van der Waals surface area contributed by atoms with Crippen molar-refractivity contribution >= 4 is 7.82 Å². The molecule has 0 heterocycles. The van der Waals surface area contributed by atoms with E-state index in [0.29, 0.717) is 26.1 Å². The normalized spacial score (nSPS) is 12.9. The first-order valence-electron chi connectivity index (χ1n) is 8.76. The van der Waals surface area contributed by atoms with E-state index in [1.54, 1.807) is 0 Å². The minimum Gasteiger partial charge on any atom is -0.287 e. The van der Waals surface area contributed by atoms with Crippen LogP contribution in [0, 0.1) is 0 Å². The van der Waals surface area contributed by atoms with Crippen LogP contribution in [0.15, 0.2) is 60.7 Å². The molecule has 5 heteroatoms. The van der Waals surface area contributed by atoms with Crippen LogP contribution in [0.3, 0.4) is 0 Å². The molecule has 136 valence electrons. The summed E-state index contributed by atoms with van der Waals surface area (Å²) in [6, 6.07) is 19.9. The zero-order valence-electron chi connectivity index (χ0n) is 15.0. The lowest BCUT2D eigenvalue weighted by Gasteiger charge is -2.21. The highest BCUT2D eigenvalue weighted by Crippen LogP contribution is 2.51. The summed E-state index contributed by atoms with van der Waals surface area (Å²) in [5.41, 5.74) is 2.25. The Morgan fingerprint density at radius 3 is 1.68 bits per heavy atom. The van der Waals surface area contributed by atoms with Gasteiger partial charge in [0.25, 0.3) is 0 Å². The van der Waals surface area contributed by atoms with Crippen molar-refractivity contribution in [3.05, 3.63) is 71.8 Å². The van der Waals surface area contributed by atoms with Crippen LogP contribution in [-0.4, -0.2) is 19.3 Å². The molecule has 0 saturated carbocycles. The molecule has 1 unspecified atom stereocenters. The molecule has 0 spiro atoms. The lowest BCUT2D eigenvalue weighted by Crippen LogP contribution is -2.11. The maximum Gasteiger partial charge on any atom is 0.475 e. The Labute approximate surface area is 150 Å². The van der Waals surface area contributed by atoms with Gasteiger partial charge in [0.2, 0.25) is 0 Å². The number of phosphoric ester groups is 1. The fourth-order valence-corrected chi connectivity index (χ4v) is 3.65. The summed E-state index contributed by atoms with van der Waals surface area (Å²) >= 11 is 0. The van der Waals surface area contributed by atoms with Crippen LogP contribution in [0.4, 0.5) is 0 Å². The molecular formula is C20H27O4P. The second kappa shape index (κ2) is 10.5. The summed E-state index contributed by atoms with van der Waals surface area (Å²) in [5.74, 6) is 0. The average Bonchev–Trinajstić information content (AvgIpc) is 2.63. The van der Waals surface area contributed by atoms with Crippen LogP contribution < -0.4 is 0 Å². The third-order valence-electron chi connectivity index (χ3n) is 3.85. The highest BCUT2D eigenvalue weighted by molar-refractivity contribution is 7.48. The Morgan fingerprint density at radius 2 is 1.28 bits per heavy atom. The molecule has 4 nitrogen and oxygen atoms in total. The Bertz CT molecular complexity index is 596. The fraction of sp³-hybridized carbons (Fsp3) is 0.400. The Morgan fingerprint density at radius 1 is 0.840 bits per heavy atom. The van der Waals surface area contributed by atoms with Gasteiger partial charge in [-0.25, -0.2) is 4.57 Å². The third kappa shape index (κ3) is 7.54. The summed E-state index contributed by atoms with van der Waals surface area (Å²) < 4.78 is 29.6. The molecule has 0 aliphatic heterocycles. The highest BCUT2D eigenvalue weighted by atomic mass is 31.2. The van der Waals surface area contributed by atoms with E-state index >= 15 is 0 Å². The fourth-order valence-electron chi connectivity index (χ4n) is 2.23. The van der Waals surface area contributed by atoms with Crippen molar-refractivity contribution in [3.8, 4) is 0 Å². The first-order chi connectivity index (χ1) is 12.1. The van der Waals surface area contributed by atoms with Gasteiger partial charge in [0, 0.05) is 0 Å². The van der Waals surface area contributed by atoms with Gasteiger partial charge in [-0.3, -0.25) is 13.6 Å². The van der Waals surface area contributed by atoms with Crippen LogP contribution in [0.5, 0.6) is 0 Å². The summed E-state index contributed by atoms with van der Waals surface area (Å²) in [7, 11) is -3.57. The molecule has 0 amide bonds. The van der Waals surface area contributed by atoms with E-state index in [1.165, 1.54) is 0 Å². The van der Waals surface area contributed by atoms with Gasteiger partial charge in [0.1, 0.15) is 0 Å². The predicted octanol–water partition coefficient (Wildman–Crippen LogP) is 5.43. The number of hydrogen-bond donors (Lipinski definition) is 0. The van der Waals surface area contributed by atoms with Gasteiger partial charge < -0.3 is 0 Å². The van der Waals surface area contributed by atoms with Crippen LogP contribution in [0.1, 0.15) is 31.4 Å². The highest BCUT2D eigenvalue weighted by Gasteiger charge is 2.28. The van der Waals surface area contributed by atoms with Crippen molar-refractivity contribution in [2.24, 2.45) is 0 Å². The molecule has 0 aromatic heterocycles. The van der Waals surface area contributed by atoms with E-state index in [1.807, 2.05) is 74.5 Å². The standard InChI is InChI=1S/C20H27O4P/c1-3-18(2)24-25(21,22-16-14-19-10-6-4-7-11-19)23-17-15-20-12-8-5-9-13-20/h4-13,18H,3,14-17H2,1-2H3. The molecule has 0 bridgehead atoms. The van der Waals surface area contributed by atoms with Crippen LogP contribution in [0.2, 0.25) is 0 Å². The van der Waals surface area contributed by atoms with E-state index in [0.717, 1.165) is 17.5 Å². The summed E-state index contributed by atoms with van der Waals surface area (Å²) in [4.78, 5) is 0. The zero-order chi connectivity index (χ0) is 18.0. The first-order valence-corrected chi connectivity index (χ1v) is 10.2. The second-order valence-corrected chi connectivity index (χ2v) is 7.53. The molecule has 2 aromatic carbocycles. The van der Waals surface area contributed by atoms with E-state index in [9.17, 15) is 4.57 Å². The molecule has 0 aliphatic rings. The van der Waals surface area contributed by atoms with E-state index in [2.05, 4.69) is 0 Å². The monoisotopic (exact) mass is 362 g/mol. The van der Waals surface area contributed by atoms with Gasteiger partial charge in [-0.2, -0.15) is 0 Å². The van der Waals surface area contributed by atoms with Gasteiger partial charge >= 0.3 is 7.82 Å². The molecule has 0 fully saturated rings. The van der Waals surface area contributed by atoms with E-state index in [-0.39, 0.29) is 6.10 Å². The van der Waals surface area contributed by atoms with Gasteiger partial charge in [-0.1, -0.05) is 67.6 Å². The minimum absolute atomic E-state index is 0.181. The molecule has 0 aliphatic carbocycles. The van der Waals surface area contributed by atoms with Gasteiger partial charge in [0.15, 0.2) is 0 Å². The number of phosphoric acid groups is 1. The van der Waals surface area contributed by atoms with Gasteiger partial charge in [-0.05, 0) is 37.3 Å². The lowest BCUT2D eigenvalue weighted by atomic mass is 10.2. The number of benzene rings is 2. The molecule has 0 radical (unpaired) electrons. The molecule has 2 aromatic rings. The predicted molar refractivity (Wildman–Crippen MR) is 101 cm³/mol. The first kappa shape index (κ1) is 19.9. The molecular weight excluding hydrogens is 335 g/mol. The third-order valence-corrected chi connectivity index (χ3v) is 5.47. The van der Waals surface area contributed by atoms with Crippen molar-refractivity contribution in [2.75, 3.05) is 13.2 Å². The second-order valence-electron chi connectivity index (χ2n) is 5.91. The van der Waals surface area contributed by atoms with Crippen molar-refractivity contribution in [2.45, 2.75) is 39.2 Å². The van der Waals surface area contributed by atoms with E-state index in [4.69, 9.17) is 13.6 Å². The Balaban J connectivity index is 1.87. The molecule has 2 rings (SSSR count). The SMILES string of the molecule is CCC(C)OP(=O)(OCCc1ccccc1)OCCc1ccccc1. The van der Waals surface area contributed by atoms with Crippen LogP contribution >= 0.6 is 7.82 Å². The van der Waals surface area contributed by atoms with Gasteiger partial charge in [-0.15, -0.1) is 0 Å². The van der Waals surface area contributed by atoms with Crippen LogP contribution in [0.25, 0.3) is 0 Å². The topological polar surface area (TPSA) is 44.8 Å². The molecule has 1 atom stereocenters. The summed E-state index contributed by atoms with van der Waals surface area (Å²) in [6.45, 7) is 4.43. The van der Waals surface area contributed by atoms with Crippen molar-refractivity contribution < 1.29 is 18.1 Å². The molecule has 0 saturated heterocycles. The van der Waals surface area contributed by atoms with E-state index < -0.39 is 7.82 Å². The lowest BCUT2D eigenvalue weighted by molar-refractivity contribution is 0.0844. The summed E-state index contributed by atoms with van der Waals surface area (Å²) in [5, 5.41) is 0. The quantitative estimate of drug-likeness (QED) is 0.500. The van der Waals surface area contributed by atoms with Crippen molar-refractivity contribution in [1.29, 1.82) is 0 Å². The van der Waals surface area contributed by atoms with Crippen molar-refractivity contribution in [3.63, 3.8) is 0 Å². The maximum atomic E-state index is 12.9. The van der Waals surface area contributed by atoms with Crippen molar-refractivity contribution in [1.82, 2.24) is 0 Å². The minimum atomic E-state index is -3.57. The Hall–Kier alpha value is -1.45. The van der Waals surface area contributed by atoms with Gasteiger partial charge in [0.05, 0.1) is 19.3 Å². The maximum absolute atomic E-state index is 12.9. The Kier molecular flexibility index (Phi) is 8.36. The van der Waals surface area contributed by atoms with Crippen LogP contribution in [-0.2, 0) is 31.0 Å². The largest absolute Gasteiger partial charge is 0.475 e.